The molecule has 0 spiro atoms. The number of hydrogen-bond donors (Lipinski definition) is 2. The second-order valence-corrected chi connectivity index (χ2v) is 3.80. The summed E-state index contributed by atoms with van der Waals surface area (Å²) in [4.78, 5) is 15.4. The lowest BCUT2D eigenvalue weighted by molar-refractivity contribution is 0.575. The number of halogens is 2. The molecule has 0 atom stereocenters. The Kier molecular flexibility index (Phi) is 1.83. The first-order chi connectivity index (χ1) is 8.09. The highest BCUT2D eigenvalue weighted by atomic mass is 19.1. The van der Waals surface area contributed by atoms with Gasteiger partial charge in [-0.1, -0.05) is 0 Å². The van der Waals surface area contributed by atoms with E-state index in [1.807, 2.05) is 0 Å². The maximum atomic E-state index is 13.8. The SMILES string of the molecule is Cc1nc2[nH][nH]cc2c2c(F)c(=O)c(F)cc12. The number of nitrogens with zero attached hydrogens (tertiary/aromatic N) is 1. The molecule has 2 N–H and O–H groups in total. The van der Waals surface area contributed by atoms with Gasteiger partial charge >= 0.3 is 0 Å². The third kappa shape index (κ3) is 1.20. The van der Waals surface area contributed by atoms with Crippen molar-refractivity contribution in [3.63, 3.8) is 0 Å². The summed E-state index contributed by atoms with van der Waals surface area (Å²) in [5, 5.41) is 6.21. The summed E-state index contributed by atoms with van der Waals surface area (Å²) in [7, 11) is 0. The summed E-state index contributed by atoms with van der Waals surface area (Å²) in [6.07, 6.45) is 1.49. The van der Waals surface area contributed by atoms with Gasteiger partial charge < -0.3 is 5.10 Å². The Morgan fingerprint density at radius 1 is 1.29 bits per heavy atom. The molecule has 1 aromatic carbocycles. The normalized spacial score (nSPS) is 11.5. The second-order valence-electron chi connectivity index (χ2n) is 3.80. The number of aromatic nitrogens is 3. The van der Waals surface area contributed by atoms with Crippen LogP contribution in [0.2, 0.25) is 0 Å². The van der Waals surface area contributed by atoms with Gasteiger partial charge in [0.15, 0.2) is 17.3 Å². The van der Waals surface area contributed by atoms with Crippen LogP contribution in [0.1, 0.15) is 5.69 Å². The number of benzene rings is 1. The Labute approximate surface area is 93.3 Å². The highest BCUT2D eigenvalue weighted by Crippen LogP contribution is 2.26. The summed E-state index contributed by atoms with van der Waals surface area (Å²) in [5.74, 6) is -2.18. The van der Waals surface area contributed by atoms with E-state index in [1.165, 1.54) is 6.20 Å². The number of H-pyrrole nitrogens is 2. The number of rotatable bonds is 0. The largest absolute Gasteiger partial charge is 0.306 e. The molecule has 6 heteroatoms. The van der Waals surface area contributed by atoms with E-state index in [4.69, 9.17) is 0 Å². The summed E-state index contributed by atoms with van der Waals surface area (Å²) in [6, 6.07) is 1.02. The fraction of sp³-hybridized carbons (Fsp3) is 0.0909. The number of hydrogen-bond acceptors (Lipinski definition) is 2. The van der Waals surface area contributed by atoms with E-state index in [-0.39, 0.29) is 5.39 Å². The van der Waals surface area contributed by atoms with E-state index >= 15 is 0 Å². The standard InChI is InChI=1S/C11H7F2N3O/c1-4-5-2-7(12)10(17)9(13)8(5)6-3-14-16-11(6)15-4/h2-3H,1H3,(H2,14,15,16). The van der Waals surface area contributed by atoms with Crippen LogP contribution in [0.15, 0.2) is 17.1 Å². The van der Waals surface area contributed by atoms with Gasteiger partial charge in [0.25, 0.3) is 0 Å². The molecule has 0 radical (unpaired) electrons. The quantitative estimate of drug-likeness (QED) is 0.626. The average molecular weight is 235 g/mol. The molecule has 17 heavy (non-hydrogen) atoms. The maximum Gasteiger partial charge on any atom is 0.250 e. The van der Waals surface area contributed by atoms with Crippen molar-refractivity contribution in [2.75, 3.05) is 0 Å². The molecule has 2 aromatic heterocycles. The fourth-order valence-electron chi connectivity index (χ4n) is 1.97. The molecule has 0 aliphatic carbocycles. The molecule has 0 saturated carbocycles. The number of nitrogens with one attached hydrogen (secondary N) is 2. The Balaban J connectivity index is 2.73. The van der Waals surface area contributed by atoms with Gasteiger partial charge in [0.2, 0.25) is 5.43 Å². The van der Waals surface area contributed by atoms with Gasteiger partial charge in [-0.3, -0.25) is 9.89 Å². The van der Waals surface area contributed by atoms with Crippen LogP contribution in [0, 0.1) is 18.6 Å². The third-order valence-corrected chi connectivity index (χ3v) is 2.78. The van der Waals surface area contributed by atoms with Gasteiger partial charge in [-0.15, -0.1) is 0 Å². The van der Waals surface area contributed by atoms with Crippen molar-refractivity contribution in [3.05, 3.63) is 39.8 Å². The van der Waals surface area contributed by atoms with Crippen molar-refractivity contribution in [1.29, 1.82) is 0 Å². The molecule has 2 heterocycles. The number of fused-ring (bicyclic) bond motifs is 3. The van der Waals surface area contributed by atoms with Crippen LogP contribution in [-0.4, -0.2) is 15.2 Å². The van der Waals surface area contributed by atoms with Crippen molar-refractivity contribution < 1.29 is 8.78 Å². The second kappa shape index (κ2) is 3.13. The fourth-order valence-corrected chi connectivity index (χ4v) is 1.97. The summed E-state index contributed by atoms with van der Waals surface area (Å²) in [6.45, 7) is 1.63. The minimum Gasteiger partial charge on any atom is -0.306 e. The lowest BCUT2D eigenvalue weighted by atomic mass is 10.1. The maximum absolute atomic E-state index is 13.8. The van der Waals surface area contributed by atoms with Crippen LogP contribution in [0.25, 0.3) is 21.8 Å². The molecule has 3 aromatic rings. The van der Waals surface area contributed by atoms with Crippen molar-refractivity contribution in [3.8, 4) is 0 Å². The van der Waals surface area contributed by atoms with E-state index in [2.05, 4.69) is 15.2 Å². The minimum absolute atomic E-state index is 0.0939. The number of aryl methyl sites for hydroxylation is 1. The third-order valence-electron chi connectivity index (χ3n) is 2.78. The molecule has 0 bridgehead atoms. The smallest absolute Gasteiger partial charge is 0.250 e. The van der Waals surface area contributed by atoms with Crippen molar-refractivity contribution >= 4 is 21.8 Å². The predicted molar refractivity (Wildman–Crippen MR) is 58.9 cm³/mol. The van der Waals surface area contributed by atoms with Crippen molar-refractivity contribution in [1.82, 2.24) is 15.2 Å². The van der Waals surface area contributed by atoms with Gasteiger partial charge in [-0.2, -0.15) is 0 Å². The zero-order chi connectivity index (χ0) is 12.2. The van der Waals surface area contributed by atoms with E-state index < -0.39 is 17.1 Å². The number of aromatic amines is 2. The van der Waals surface area contributed by atoms with Gasteiger partial charge in [0.1, 0.15) is 0 Å². The van der Waals surface area contributed by atoms with Gasteiger partial charge in [-0.25, -0.2) is 13.8 Å². The summed E-state index contributed by atoms with van der Waals surface area (Å²) >= 11 is 0. The molecule has 0 saturated heterocycles. The highest BCUT2D eigenvalue weighted by Gasteiger charge is 2.16. The zero-order valence-corrected chi connectivity index (χ0v) is 8.77. The molecule has 0 aliphatic rings. The van der Waals surface area contributed by atoms with E-state index in [9.17, 15) is 13.6 Å². The van der Waals surface area contributed by atoms with Gasteiger partial charge in [-0.05, 0) is 13.0 Å². The molecule has 0 aliphatic heterocycles. The Bertz CT molecular complexity index is 804. The average Bonchev–Trinajstić information content (AvgIpc) is 2.74. The topological polar surface area (TPSA) is 61.5 Å². The first kappa shape index (κ1) is 9.95. The molecule has 86 valence electrons. The lowest BCUT2D eigenvalue weighted by Crippen LogP contribution is -2.11. The van der Waals surface area contributed by atoms with Crippen molar-refractivity contribution in [2.24, 2.45) is 0 Å². The molecular weight excluding hydrogens is 228 g/mol. The van der Waals surface area contributed by atoms with Crippen LogP contribution in [0.4, 0.5) is 8.78 Å². The Morgan fingerprint density at radius 2 is 2.06 bits per heavy atom. The van der Waals surface area contributed by atoms with E-state index in [0.29, 0.717) is 22.1 Å². The molecule has 0 fully saturated rings. The summed E-state index contributed by atoms with van der Waals surface area (Å²) < 4.78 is 27.1. The molecule has 0 unspecified atom stereocenters. The first-order valence-electron chi connectivity index (χ1n) is 4.93. The molecule has 3 rings (SSSR count). The molecule has 0 amide bonds. The monoisotopic (exact) mass is 235 g/mol. The first-order valence-corrected chi connectivity index (χ1v) is 4.93. The van der Waals surface area contributed by atoms with Crippen LogP contribution in [0.3, 0.4) is 0 Å². The van der Waals surface area contributed by atoms with Crippen LogP contribution in [-0.2, 0) is 0 Å². The Hall–Kier alpha value is -2.24. The number of pyridine rings is 1. The highest BCUT2D eigenvalue weighted by molar-refractivity contribution is 6.05. The van der Waals surface area contributed by atoms with E-state index in [1.54, 1.807) is 6.92 Å². The summed E-state index contributed by atoms with van der Waals surface area (Å²) in [5.41, 5.74) is -0.327. The molecule has 4 nitrogen and oxygen atoms in total. The van der Waals surface area contributed by atoms with Crippen molar-refractivity contribution in [2.45, 2.75) is 6.92 Å². The minimum atomic E-state index is -1.22. The Morgan fingerprint density at radius 3 is 2.82 bits per heavy atom. The van der Waals surface area contributed by atoms with Crippen LogP contribution < -0.4 is 5.43 Å². The molecular formula is C11H7F2N3O. The lowest BCUT2D eigenvalue weighted by Gasteiger charge is -2.03. The zero-order valence-electron chi connectivity index (χ0n) is 8.77. The van der Waals surface area contributed by atoms with Crippen LogP contribution >= 0.6 is 0 Å². The predicted octanol–water partition coefficient (Wildman–Crippen LogP) is 1.99. The van der Waals surface area contributed by atoms with Gasteiger partial charge in [0.05, 0.1) is 0 Å². The van der Waals surface area contributed by atoms with E-state index in [0.717, 1.165) is 6.07 Å². The van der Waals surface area contributed by atoms with Gasteiger partial charge in [0, 0.05) is 28.0 Å². The van der Waals surface area contributed by atoms with Crippen LogP contribution in [0.5, 0.6) is 0 Å².